The van der Waals surface area contributed by atoms with Gasteiger partial charge in [0.05, 0.1) is 0 Å². The van der Waals surface area contributed by atoms with Gasteiger partial charge in [0, 0.05) is 31.0 Å². The Morgan fingerprint density at radius 1 is 1.30 bits per heavy atom. The molecule has 1 aromatic carbocycles. The summed E-state index contributed by atoms with van der Waals surface area (Å²) in [6.45, 7) is 0. The fourth-order valence-corrected chi connectivity index (χ4v) is 1.93. The first-order valence-electron chi connectivity index (χ1n) is 5.97. The molecule has 1 heterocycles. The predicted octanol–water partition coefficient (Wildman–Crippen LogP) is 2.64. The second-order valence-corrected chi connectivity index (χ2v) is 4.89. The number of halogens is 1. The number of nitrogens with one attached hydrogen (secondary N) is 1. The van der Waals surface area contributed by atoms with Crippen molar-refractivity contribution in [2.24, 2.45) is 0 Å². The van der Waals surface area contributed by atoms with Gasteiger partial charge in [0.1, 0.15) is 11.0 Å². The highest BCUT2D eigenvalue weighted by Gasteiger charge is 2.09. The summed E-state index contributed by atoms with van der Waals surface area (Å²) in [5.74, 6) is -0.0680. The van der Waals surface area contributed by atoms with E-state index in [2.05, 4.69) is 10.3 Å². The fraction of sp³-hybridized carbons (Fsp3) is 0.143. The topological polar surface area (TPSA) is 71.2 Å². The molecule has 2 rings (SSSR count). The Hall–Kier alpha value is -2.27. The third-order valence-electron chi connectivity index (χ3n) is 2.70. The van der Waals surface area contributed by atoms with Gasteiger partial charge in [-0.2, -0.15) is 0 Å². The molecular formula is C14H15ClN4O. The largest absolute Gasteiger partial charge is 0.384 e. The third-order valence-corrected chi connectivity index (χ3v) is 2.89. The molecule has 5 nitrogen and oxygen atoms in total. The van der Waals surface area contributed by atoms with Crippen molar-refractivity contribution in [1.82, 2.24) is 4.98 Å². The molecule has 0 radical (unpaired) electrons. The van der Waals surface area contributed by atoms with E-state index in [-0.39, 0.29) is 16.9 Å². The Morgan fingerprint density at radius 3 is 2.70 bits per heavy atom. The van der Waals surface area contributed by atoms with Gasteiger partial charge in [0.15, 0.2) is 0 Å². The number of amides is 1. The van der Waals surface area contributed by atoms with Crippen LogP contribution in [-0.4, -0.2) is 25.0 Å². The number of nitrogens with two attached hydrogens (primary N) is 1. The first-order valence-corrected chi connectivity index (χ1v) is 6.35. The van der Waals surface area contributed by atoms with Crippen LogP contribution in [0.25, 0.3) is 0 Å². The van der Waals surface area contributed by atoms with Gasteiger partial charge in [-0.1, -0.05) is 17.7 Å². The number of hydrogen-bond donors (Lipinski definition) is 2. The smallest absolute Gasteiger partial charge is 0.255 e. The van der Waals surface area contributed by atoms with E-state index in [0.717, 1.165) is 5.69 Å². The number of carbonyl (C=O) groups excluding carboxylic acids is 1. The Balaban J connectivity index is 2.21. The zero-order valence-electron chi connectivity index (χ0n) is 11.2. The van der Waals surface area contributed by atoms with E-state index in [1.165, 1.54) is 12.1 Å². The lowest BCUT2D eigenvalue weighted by molar-refractivity contribution is 0.102. The van der Waals surface area contributed by atoms with E-state index in [4.69, 9.17) is 17.3 Å². The number of hydrogen-bond acceptors (Lipinski definition) is 4. The second kappa shape index (κ2) is 5.79. The summed E-state index contributed by atoms with van der Waals surface area (Å²) in [5.41, 5.74) is 7.64. The lowest BCUT2D eigenvalue weighted by Crippen LogP contribution is -2.14. The first kappa shape index (κ1) is 14.1. The highest BCUT2D eigenvalue weighted by molar-refractivity contribution is 6.30. The summed E-state index contributed by atoms with van der Waals surface area (Å²) in [6.07, 6.45) is 0. The number of nitrogen functional groups attached to an aromatic ring is 1. The zero-order valence-corrected chi connectivity index (χ0v) is 12.0. The van der Waals surface area contributed by atoms with Crippen LogP contribution in [0.4, 0.5) is 17.2 Å². The normalized spacial score (nSPS) is 10.2. The Morgan fingerprint density at radius 2 is 2.05 bits per heavy atom. The predicted molar refractivity (Wildman–Crippen MR) is 82.4 cm³/mol. The van der Waals surface area contributed by atoms with E-state index in [1.54, 1.807) is 0 Å². The molecule has 20 heavy (non-hydrogen) atoms. The maximum atomic E-state index is 12.1. The van der Waals surface area contributed by atoms with Crippen LogP contribution in [-0.2, 0) is 0 Å². The number of anilines is 3. The van der Waals surface area contributed by atoms with Crippen molar-refractivity contribution in [3.63, 3.8) is 0 Å². The minimum Gasteiger partial charge on any atom is -0.384 e. The van der Waals surface area contributed by atoms with Crippen molar-refractivity contribution in [2.45, 2.75) is 0 Å². The molecule has 0 spiro atoms. The molecule has 104 valence electrons. The van der Waals surface area contributed by atoms with Gasteiger partial charge in [0.25, 0.3) is 5.91 Å². The van der Waals surface area contributed by atoms with E-state index in [1.807, 2.05) is 43.3 Å². The number of pyridine rings is 1. The maximum Gasteiger partial charge on any atom is 0.255 e. The summed E-state index contributed by atoms with van der Waals surface area (Å²) in [4.78, 5) is 17.9. The average Bonchev–Trinajstić information content (AvgIpc) is 2.37. The highest BCUT2D eigenvalue weighted by atomic mass is 35.5. The Kier molecular flexibility index (Phi) is 4.10. The molecule has 1 amide bonds. The molecule has 0 fully saturated rings. The van der Waals surface area contributed by atoms with Crippen LogP contribution in [0.2, 0.25) is 5.15 Å². The van der Waals surface area contributed by atoms with Crippen LogP contribution in [0.5, 0.6) is 0 Å². The molecule has 0 saturated heterocycles. The molecule has 3 N–H and O–H groups in total. The number of benzene rings is 1. The van der Waals surface area contributed by atoms with Gasteiger partial charge in [-0.05, 0) is 30.3 Å². The molecule has 6 heteroatoms. The summed E-state index contributed by atoms with van der Waals surface area (Å²) in [7, 11) is 3.87. The number of carbonyl (C=O) groups is 1. The van der Waals surface area contributed by atoms with Crippen LogP contribution in [0.1, 0.15) is 10.4 Å². The fourth-order valence-electron chi connectivity index (χ4n) is 1.71. The van der Waals surface area contributed by atoms with Crippen molar-refractivity contribution < 1.29 is 4.79 Å². The maximum absolute atomic E-state index is 12.1. The van der Waals surface area contributed by atoms with Crippen LogP contribution in [0, 0.1) is 0 Å². The van der Waals surface area contributed by atoms with Crippen LogP contribution in [0.15, 0.2) is 36.4 Å². The molecule has 0 aliphatic carbocycles. The summed E-state index contributed by atoms with van der Waals surface area (Å²) in [5, 5.41) is 2.99. The standard InChI is InChI=1S/C14H15ClN4O/c1-19(2)11-5-3-4-10(8-11)17-14(20)9-6-12(15)18-13(16)7-9/h3-8H,1-2H3,(H2,16,18)(H,17,20). The van der Waals surface area contributed by atoms with Crippen molar-refractivity contribution in [3.8, 4) is 0 Å². The minimum atomic E-state index is -0.281. The van der Waals surface area contributed by atoms with Gasteiger partial charge in [-0.15, -0.1) is 0 Å². The van der Waals surface area contributed by atoms with Crippen molar-refractivity contribution in [2.75, 3.05) is 30.0 Å². The third kappa shape index (κ3) is 3.39. The molecule has 0 bridgehead atoms. The van der Waals surface area contributed by atoms with Crippen LogP contribution < -0.4 is 16.0 Å². The van der Waals surface area contributed by atoms with Crippen LogP contribution in [0.3, 0.4) is 0 Å². The summed E-state index contributed by atoms with van der Waals surface area (Å²) < 4.78 is 0. The summed E-state index contributed by atoms with van der Waals surface area (Å²) >= 11 is 5.79. The Labute approximate surface area is 122 Å². The lowest BCUT2D eigenvalue weighted by Gasteiger charge is -2.14. The minimum absolute atomic E-state index is 0.192. The van der Waals surface area contributed by atoms with Gasteiger partial charge < -0.3 is 16.0 Å². The summed E-state index contributed by atoms with van der Waals surface area (Å²) in [6, 6.07) is 10.5. The average molecular weight is 291 g/mol. The van der Waals surface area contributed by atoms with Crippen LogP contribution >= 0.6 is 11.6 Å². The molecule has 2 aromatic rings. The molecule has 0 atom stereocenters. The molecule has 0 unspecified atom stereocenters. The van der Waals surface area contributed by atoms with E-state index in [0.29, 0.717) is 11.3 Å². The zero-order chi connectivity index (χ0) is 14.7. The van der Waals surface area contributed by atoms with Gasteiger partial charge in [-0.25, -0.2) is 4.98 Å². The van der Waals surface area contributed by atoms with E-state index >= 15 is 0 Å². The molecular weight excluding hydrogens is 276 g/mol. The number of rotatable bonds is 3. The number of aromatic nitrogens is 1. The van der Waals surface area contributed by atoms with Crippen molar-refractivity contribution in [1.29, 1.82) is 0 Å². The van der Waals surface area contributed by atoms with Gasteiger partial charge >= 0.3 is 0 Å². The lowest BCUT2D eigenvalue weighted by atomic mass is 10.2. The molecule has 0 aliphatic rings. The van der Waals surface area contributed by atoms with E-state index < -0.39 is 0 Å². The number of nitrogens with zero attached hydrogens (tertiary/aromatic N) is 2. The first-order chi connectivity index (χ1) is 9.45. The van der Waals surface area contributed by atoms with Gasteiger partial charge in [0.2, 0.25) is 0 Å². The van der Waals surface area contributed by atoms with Gasteiger partial charge in [-0.3, -0.25) is 4.79 Å². The SMILES string of the molecule is CN(C)c1cccc(NC(=O)c2cc(N)nc(Cl)c2)c1. The highest BCUT2D eigenvalue weighted by Crippen LogP contribution is 2.19. The quantitative estimate of drug-likeness (QED) is 0.853. The van der Waals surface area contributed by atoms with E-state index in [9.17, 15) is 4.79 Å². The molecule has 1 aromatic heterocycles. The molecule has 0 aliphatic heterocycles. The second-order valence-electron chi connectivity index (χ2n) is 4.50. The molecule has 0 saturated carbocycles. The van der Waals surface area contributed by atoms with Crippen molar-refractivity contribution >= 4 is 34.7 Å². The van der Waals surface area contributed by atoms with Crippen molar-refractivity contribution in [3.05, 3.63) is 47.1 Å². The Bertz CT molecular complexity index is 623. The monoisotopic (exact) mass is 290 g/mol.